The number of hydrogen-bond acceptors (Lipinski definition) is 5. The highest BCUT2D eigenvalue weighted by atomic mass is 35.5. The minimum atomic E-state index is -4.10. The summed E-state index contributed by atoms with van der Waals surface area (Å²) in [5.41, 5.74) is 0. The summed E-state index contributed by atoms with van der Waals surface area (Å²) in [6.07, 6.45) is 1.73. The fourth-order valence-corrected chi connectivity index (χ4v) is 9.31. The second-order valence-corrected chi connectivity index (χ2v) is 12.3. The first-order chi connectivity index (χ1) is 10.7. The van der Waals surface area contributed by atoms with Gasteiger partial charge >= 0.3 is 6.72 Å². The Balaban J connectivity index is 3.22. The minimum Gasteiger partial charge on any atom is -0.309 e. The van der Waals surface area contributed by atoms with E-state index in [4.69, 9.17) is 27.7 Å². The van der Waals surface area contributed by atoms with Gasteiger partial charge < -0.3 is 4.52 Å². The molecule has 1 aromatic carbocycles. The lowest BCUT2D eigenvalue weighted by Gasteiger charge is -2.26. The molecule has 5 nitrogen and oxygen atoms in total. The van der Waals surface area contributed by atoms with E-state index in [1.165, 1.54) is 25.2 Å². The number of nitrogens with zero attached hydrogens (tertiary/aromatic N) is 1. The molecule has 0 aliphatic heterocycles. The van der Waals surface area contributed by atoms with Crippen LogP contribution in [0.15, 0.2) is 23.1 Å². The van der Waals surface area contributed by atoms with Gasteiger partial charge in [0.05, 0.1) is 11.6 Å². The molecular formula is C13H20Cl2NO4PS2. The molecule has 0 N–H and O–H groups in total. The van der Waals surface area contributed by atoms with Gasteiger partial charge in [-0.2, -0.15) is 0 Å². The molecule has 0 amide bonds. The van der Waals surface area contributed by atoms with E-state index in [0.717, 1.165) is 28.3 Å². The largest absolute Gasteiger partial charge is 0.342 e. The molecule has 0 aromatic heterocycles. The van der Waals surface area contributed by atoms with Crippen molar-refractivity contribution < 1.29 is 17.5 Å². The van der Waals surface area contributed by atoms with Gasteiger partial charge in [0.2, 0.25) is 0 Å². The third-order valence-corrected chi connectivity index (χ3v) is 11.4. The van der Waals surface area contributed by atoms with Crippen LogP contribution in [0.1, 0.15) is 26.7 Å². The number of sulfonamides is 1. The maximum Gasteiger partial charge on any atom is 0.342 e. The molecule has 0 saturated heterocycles. The van der Waals surface area contributed by atoms with Gasteiger partial charge in [-0.3, -0.25) is 4.57 Å². The Morgan fingerprint density at radius 2 is 1.96 bits per heavy atom. The van der Waals surface area contributed by atoms with Crippen molar-refractivity contribution in [1.82, 2.24) is 4.08 Å². The topological polar surface area (TPSA) is 63.7 Å². The lowest BCUT2D eigenvalue weighted by atomic mass is 10.4. The Labute approximate surface area is 152 Å². The van der Waals surface area contributed by atoms with Crippen LogP contribution in [0.3, 0.4) is 0 Å². The summed E-state index contributed by atoms with van der Waals surface area (Å²) in [6.45, 7) is 0.202. The van der Waals surface area contributed by atoms with Crippen LogP contribution in [-0.4, -0.2) is 31.9 Å². The van der Waals surface area contributed by atoms with Crippen LogP contribution in [0.25, 0.3) is 0 Å². The summed E-state index contributed by atoms with van der Waals surface area (Å²) in [4.78, 5) is -0.190. The lowest BCUT2D eigenvalue weighted by Crippen LogP contribution is -2.24. The van der Waals surface area contributed by atoms with Crippen molar-refractivity contribution in [3.8, 4) is 0 Å². The van der Waals surface area contributed by atoms with Gasteiger partial charge in [-0.25, -0.2) is 8.42 Å². The molecule has 1 aromatic rings. The third-order valence-electron chi connectivity index (χ3n) is 2.91. The summed E-state index contributed by atoms with van der Waals surface area (Å²) in [7, 11) is -2.86. The molecule has 0 heterocycles. The molecule has 0 fully saturated rings. The van der Waals surface area contributed by atoms with Crippen molar-refractivity contribution in [3.05, 3.63) is 28.2 Å². The number of unbranched alkanes of at least 4 members (excludes halogenated alkanes) is 1. The molecule has 0 aliphatic rings. The van der Waals surface area contributed by atoms with E-state index in [-0.39, 0.29) is 21.5 Å². The average molecular weight is 420 g/mol. The van der Waals surface area contributed by atoms with Crippen molar-refractivity contribution in [2.75, 3.05) is 19.4 Å². The zero-order valence-corrected chi connectivity index (χ0v) is 17.2. The van der Waals surface area contributed by atoms with Gasteiger partial charge in [0, 0.05) is 17.8 Å². The van der Waals surface area contributed by atoms with Gasteiger partial charge in [-0.05, 0) is 31.5 Å². The Kier molecular flexibility index (Phi) is 8.41. The normalized spacial score (nSPS) is 14.9. The summed E-state index contributed by atoms with van der Waals surface area (Å²) in [5, 5.41) is 0.245. The van der Waals surface area contributed by atoms with Crippen molar-refractivity contribution in [2.45, 2.75) is 31.6 Å². The van der Waals surface area contributed by atoms with E-state index in [1.807, 2.05) is 6.92 Å². The number of halogens is 2. The van der Waals surface area contributed by atoms with E-state index in [2.05, 4.69) is 0 Å². The van der Waals surface area contributed by atoms with E-state index < -0.39 is 16.7 Å². The Morgan fingerprint density at radius 1 is 1.30 bits per heavy atom. The first-order valence-corrected chi connectivity index (χ1v) is 12.4. The van der Waals surface area contributed by atoms with Gasteiger partial charge in [0.25, 0.3) is 10.0 Å². The maximum atomic E-state index is 13.0. The van der Waals surface area contributed by atoms with Crippen LogP contribution < -0.4 is 0 Å². The Morgan fingerprint density at radius 3 is 2.52 bits per heavy atom. The van der Waals surface area contributed by atoms with Gasteiger partial charge in [-0.15, -0.1) is 4.08 Å². The van der Waals surface area contributed by atoms with E-state index in [0.29, 0.717) is 5.75 Å². The predicted molar refractivity (Wildman–Crippen MR) is 98.0 cm³/mol. The van der Waals surface area contributed by atoms with Crippen LogP contribution in [0.4, 0.5) is 0 Å². The summed E-state index contributed by atoms with van der Waals surface area (Å²) < 4.78 is 44.7. The lowest BCUT2D eigenvalue weighted by molar-refractivity contribution is 0.324. The standard InChI is InChI=1S/C13H20Cl2NO4PS2/c1-4-6-9-22-21(17,20-5-2)16(3)23(18,19)13-10-11(14)7-8-12(13)15/h7-8,10H,4-6,9H2,1-3H3. The van der Waals surface area contributed by atoms with Crippen molar-refractivity contribution in [1.29, 1.82) is 0 Å². The molecule has 0 aliphatic carbocycles. The van der Waals surface area contributed by atoms with Crippen molar-refractivity contribution in [3.63, 3.8) is 0 Å². The third kappa shape index (κ3) is 5.36. The monoisotopic (exact) mass is 419 g/mol. The van der Waals surface area contributed by atoms with Gasteiger partial charge in [-0.1, -0.05) is 47.9 Å². The summed E-state index contributed by atoms with van der Waals surface area (Å²) >= 11 is 12.9. The van der Waals surface area contributed by atoms with Gasteiger partial charge in [0.1, 0.15) is 4.90 Å². The molecule has 0 bridgehead atoms. The number of rotatable bonds is 9. The zero-order valence-electron chi connectivity index (χ0n) is 13.2. The van der Waals surface area contributed by atoms with Gasteiger partial charge in [0.15, 0.2) is 0 Å². The Bertz CT molecular complexity index is 685. The molecule has 1 rings (SSSR count). The highest BCUT2D eigenvalue weighted by Gasteiger charge is 2.39. The Hall–Kier alpha value is 0.250. The maximum absolute atomic E-state index is 13.0. The zero-order chi connectivity index (χ0) is 17.7. The van der Waals surface area contributed by atoms with Crippen LogP contribution >= 0.6 is 41.3 Å². The number of hydrogen-bond donors (Lipinski definition) is 0. The highest BCUT2D eigenvalue weighted by molar-refractivity contribution is 8.56. The molecule has 1 atom stereocenters. The second kappa shape index (κ2) is 9.09. The molecular weight excluding hydrogens is 400 g/mol. The fourth-order valence-electron chi connectivity index (χ4n) is 1.64. The number of benzene rings is 1. The molecule has 23 heavy (non-hydrogen) atoms. The van der Waals surface area contributed by atoms with E-state index >= 15 is 0 Å². The SMILES string of the molecule is CCCCSP(=O)(OCC)N(C)S(=O)(=O)c1cc(Cl)ccc1Cl. The smallest absolute Gasteiger partial charge is 0.309 e. The molecule has 1 unspecified atom stereocenters. The predicted octanol–water partition coefficient (Wildman–Crippen LogP) is 5.29. The van der Waals surface area contributed by atoms with Crippen LogP contribution in [0.2, 0.25) is 10.0 Å². The molecule has 10 heteroatoms. The summed E-state index contributed by atoms with van der Waals surface area (Å²) in [5.74, 6) is 0.539. The van der Waals surface area contributed by atoms with E-state index in [1.54, 1.807) is 6.92 Å². The molecule has 0 saturated carbocycles. The van der Waals surface area contributed by atoms with Crippen LogP contribution in [0, 0.1) is 0 Å². The van der Waals surface area contributed by atoms with Crippen LogP contribution in [-0.2, 0) is 19.1 Å². The van der Waals surface area contributed by atoms with E-state index in [9.17, 15) is 13.0 Å². The highest BCUT2D eigenvalue weighted by Crippen LogP contribution is 2.63. The quantitative estimate of drug-likeness (QED) is 0.401. The first-order valence-electron chi connectivity index (χ1n) is 7.02. The fraction of sp³-hybridized carbons (Fsp3) is 0.538. The van der Waals surface area contributed by atoms with Crippen molar-refractivity contribution in [2.24, 2.45) is 0 Å². The minimum absolute atomic E-state index is 0.0165. The molecule has 0 radical (unpaired) electrons. The average Bonchev–Trinajstić information content (AvgIpc) is 2.49. The van der Waals surface area contributed by atoms with Crippen LogP contribution in [0.5, 0.6) is 0 Å². The summed E-state index contributed by atoms with van der Waals surface area (Å²) in [6, 6.07) is 4.12. The second-order valence-electron chi connectivity index (χ2n) is 4.59. The molecule has 0 spiro atoms. The first kappa shape index (κ1) is 21.3. The molecule has 132 valence electrons. The van der Waals surface area contributed by atoms with Crippen molar-refractivity contribution >= 4 is 51.3 Å².